The van der Waals surface area contributed by atoms with Crippen molar-refractivity contribution in [3.8, 4) is 11.5 Å². The van der Waals surface area contributed by atoms with Gasteiger partial charge in [0.15, 0.2) is 5.82 Å². The van der Waals surface area contributed by atoms with Crippen LogP contribution in [0.5, 0.6) is 0 Å². The van der Waals surface area contributed by atoms with E-state index in [-0.39, 0.29) is 17.7 Å². The van der Waals surface area contributed by atoms with Crippen LogP contribution in [-0.4, -0.2) is 27.1 Å². The van der Waals surface area contributed by atoms with E-state index < -0.39 is 5.97 Å². The highest BCUT2D eigenvalue weighted by Gasteiger charge is 2.41. The Bertz CT molecular complexity index is 1150. The maximum Gasteiger partial charge on any atom is 0.332 e. The number of fused-ring (bicyclic) bond motifs is 3. The van der Waals surface area contributed by atoms with Gasteiger partial charge in [0.2, 0.25) is 0 Å². The Morgan fingerprint density at radius 2 is 1.76 bits per heavy atom. The monoisotopic (exact) mass is 467 g/mol. The molecule has 0 spiro atoms. The molecular formula is C25H29N3O4S. The largest absolute Gasteiger partial charge is 0.478 e. The molecular weight excluding hydrogens is 438 g/mol. The molecule has 1 amide bonds. The van der Waals surface area contributed by atoms with Gasteiger partial charge in [0.1, 0.15) is 5.00 Å². The van der Waals surface area contributed by atoms with Crippen LogP contribution >= 0.6 is 11.3 Å². The van der Waals surface area contributed by atoms with Crippen molar-refractivity contribution < 1.29 is 19.2 Å². The van der Waals surface area contributed by atoms with Crippen LogP contribution in [0, 0.1) is 17.8 Å². The number of nitrogens with one attached hydrogen (secondary N) is 1. The van der Waals surface area contributed by atoms with E-state index in [1.165, 1.54) is 10.4 Å². The molecule has 7 rings (SSSR count). The average Bonchev–Trinajstić information content (AvgIpc) is 3.46. The molecule has 7 nitrogen and oxygen atoms in total. The van der Waals surface area contributed by atoms with Crippen LogP contribution in [0.4, 0.5) is 5.00 Å². The predicted octanol–water partition coefficient (Wildman–Crippen LogP) is 5.33. The van der Waals surface area contributed by atoms with Crippen LogP contribution in [0.15, 0.2) is 15.7 Å². The Balaban J connectivity index is 1.39. The van der Waals surface area contributed by atoms with Crippen molar-refractivity contribution >= 4 is 28.2 Å². The van der Waals surface area contributed by atoms with Crippen LogP contribution in [0.1, 0.15) is 80.5 Å². The first-order valence-corrected chi connectivity index (χ1v) is 13.1. The molecule has 2 fully saturated rings. The van der Waals surface area contributed by atoms with Crippen LogP contribution < -0.4 is 5.32 Å². The molecule has 174 valence electrons. The maximum atomic E-state index is 13.5. The van der Waals surface area contributed by atoms with Gasteiger partial charge in [-0.2, -0.15) is 4.98 Å². The first-order valence-electron chi connectivity index (χ1n) is 12.3. The molecule has 2 aromatic heterocycles. The number of anilines is 1. The number of carboxylic acid groups (broad SMARTS) is 1. The highest BCUT2D eigenvalue weighted by atomic mass is 32.1. The van der Waals surface area contributed by atoms with Gasteiger partial charge in [0.05, 0.1) is 5.56 Å². The molecule has 0 saturated heterocycles. The van der Waals surface area contributed by atoms with Crippen LogP contribution in [0.25, 0.3) is 11.5 Å². The molecule has 8 heteroatoms. The molecule has 0 radical (unpaired) electrons. The summed E-state index contributed by atoms with van der Waals surface area (Å²) in [6.07, 6.45) is 9.89. The third kappa shape index (κ3) is 3.63. The van der Waals surface area contributed by atoms with Gasteiger partial charge in [-0.1, -0.05) is 18.5 Å². The predicted molar refractivity (Wildman–Crippen MR) is 124 cm³/mol. The molecule has 0 aromatic carbocycles. The SMILES string of the molecule is CC[C@@H]1CCc2c(sc(NC(=O)C3=C(C(=O)O)C4CCC3CC4)c2-c2nc(C3CC3)no2)C1. The fraction of sp³-hybridized carbons (Fsp3) is 0.600. The highest BCUT2D eigenvalue weighted by Crippen LogP contribution is 2.49. The van der Waals surface area contributed by atoms with Crippen molar-refractivity contribution in [2.75, 3.05) is 5.32 Å². The zero-order chi connectivity index (χ0) is 22.7. The summed E-state index contributed by atoms with van der Waals surface area (Å²) in [5.41, 5.74) is 2.88. The number of hydrogen-bond acceptors (Lipinski definition) is 6. The van der Waals surface area contributed by atoms with Crippen LogP contribution in [-0.2, 0) is 22.4 Å². The minimum atomic E-state index is -0.947. The van der Waals surface area contributed by atoms with Gasteiger partial charge in [-0.3, -0.25) is 4.79 Å². The third-order valence-electron chi connectivity index (χ3n) is 8.08. The number of aromatic nitrogens is 2. The number of hydrogen-bond donors (Lipinski definition) is 2. The summed E-state index contributed by atoms with van der Waals surface area (Å²) >= 11 is 1.60. The number of aliphatic carboxylic acids is 1. The third-order valence-corrected chi connectivity index (χ3v) is 9.25. The molecule has 5 aliphatic carbocycles. The molecule has 2 heterocycles. The molecule has 2 N–H and O–H groups in total. The minimum Gasteiger partial charge on any atom is -0.478 e. The lowest BCUT2D eigenvalue weighted by Crippen LogP contribution is -2.35. The standard InChI is InChI=1S/C25H29N3O4S/c1-2-12-3-10-16-17(11-12)33-24(20(16)23-26-21(28-32-23)15-8-9-15)27-22(29)18-13-4-6-14(7-5-13)19(18)25(30)31/h12-15H,2-11H2,1H3,(H,27,29)(H,30,31)/t12-,13?,14?/m1/s1. The summed E-state index contributed by atoms with van der Waals surface area (Å²) in [7, 11) is 0. The summed E-state index contributed by atoms with van der Waals surface area (Å²) in [5, 5.41) is 17.9. The van der Waals surface area contributed by atoms with Crippen molar-refractivity contribution in [1.29, 1.82) is 0 Å². The van der Waals surface area contributed by atoms with E-state index in [2.05, 4.69) is 17.4 Å². The van der Waals surface area contributed by atoms with Gasteiger partial charge >= 0.3 is 5.97 Å². The van der Waals surface area contributed by atoms with E-state index in [4.69, 9.17) is 9.51 Å². The van der Waals surface area contributed by atoms with Crippen LogP contribution in [0.3, 0.4) is 0 Å². The smallest absolute Gasteiger partial charge is 0.332 e. The Morgan fingerprint density at radius 3 is 2.42 bits per heavy atom. The van der Waals surface area contributed by atoms with E-state index in [0.717, 1.165) is 80.6 Å². The number of rotatable bonds is 6. The van der Waals surface area contributed by atoms with Gasteiger partial charge < -0.3 is 14.9 Å². The molecule has 33 heavy (non-hydrogen) atoms. The minimum absolute atomic E-state index is 0.00776. The quantitative estimate of drug-likeness (QED) is 0.595. The summed E-state index contributed by atoms with van der Waals surface area (Å²) in [6, 6.07) is 0. The fourth-order valence-electron chi connectivity index (χ4n) is 6.04. The second-order valence-electron chi connectivity index (χ2n) is 10.1. The molecule has 0 aliphatic heterocycles. The zero-order valence-corrected chi connectivity index (χ0v) is 19.7. The Morgan fingerprint density at radius 1 is 1.06 bits per heavy atom. The van der Waals surface area contributed by atoms with E-state index in [1.54, 1.807) is 11.3 Å². The second-order valence-corrected chi connectivity index (χ2v) is 11.2. The van der Waals surface area contributed by atoms with Gasteiger partial charge in [-0.25, -0.2) is 4.79 Å². The summed E-state index contributed by atoms with van der Waals surface area (Å²) < 4.78 is 5.69. The molecule has 2 aromatic rings. The summed E-state index contributed by atoms with van der Waals surface area (Å²) in [5.74, 6) is 1.09. The summed E-state index contributed by atoms with van der Waals surface area (Å²) in [6.45, 7) is 2.23. The van der Waals surface area contributed by atoms with Crippen molar-refractivity contribution in [3.05, 3.63) is 27.4 Å². The number of thiophene rings is 1. The van der Waals surface area contributed by atoms with Gasteiger partial charge in [-0.15, -0.1) is 11.3 Å². The van der Waals surface area contributed by atoms with Crippen LogP contribution in [0.2, 0.25) is 0 Å². The maximum absolute atomic E-state index is 13.5. The van der Waals surface area contributed by atoms with E-state index >= 15 is 0 Å². The lowest BCUT2D eigenvalue weighted by molar-refractivity contribution is -0.134. The molecule has 5 aliphatic rings. The van der Waals surface area contributed by atoms with Gasteiger partial charge in [-0.05, 0) is 81.1 Å². The molecule has 1 atom stereocenters. The number of carboxylic acids is 1. The lowest BCUT2D eigenvalue weighted by atomic mass is 9.66. The molecule has 0 unspecified atom stereocenters. The van der Waals surface area contributed by atoms with E-state index in [0.29, 0.717) is 28.9 Å². The van der Waals surface area contributed by atoms with Gasteiger partial charge in [0, 0.05) is 21.9 Å². The number of nitrogens with zero attached hydrogens (tertiary/aromatic N) is 2. The first-order chi connectivity index (χ1) is 16.0. The van der Waals surface area contributed by atoms with Gasteiger partial charge in [0.25, 0.3) is 11.8 Å². The zero-order valence-electron chi connectivity index (χ0n) is 18.9. The fourth-order valence-corrected chi connectivity index (χ4v) is 7.39. The number of carbonyl (C=O) groups is 2. The van der Waals surface area contributed by atoms with Crippen molar-refractivity contribution in [1.82, 2.24) is 10.1 Å². The molecule has 2 bridgehead atoms. The van der Waals surface area contributed by atoms with E-state index in [1.807, 2.05) is 0 Å². The second kappa shape index (κ2) is 8.08. The summed E-state index contributed by atoms with van der Waals surface area (Å²) in [4.78, 5) is 31.5. The van der Waals surface area contributed by atoms with E-state index in [9.17, 15) is 14.7 Å². The first kappa shape index (κ1) is 21.1. The Hall–Kier alpha value is -2.48. The Labute approximate surface area is 196 Å². The van der Waals surface area contributed by atoms with Crippen molar-refractivity contribution in [2.24, 2.45) is 17.8 Å². The Kier molecular flexibility index (Phi) is 5.16. The number of carbonyl (C=O) groups excluding carboxylic acids is 1. The highest BCUT2D eigenvalue weighted by molar-refractivity contribution is 7.17. The normalized spacial score (nSPS) is 26.4. The van der Waals surface area contributed by atoms with Crippen molar-refractivity contribution in [3.63, 3.8) is 0 Å². The lowest BCUT2D eigenvalue weighted by Gasteiger charge is -2.37. The topological polar surface area (TPSA) is 105 Å². The average molecular weight is 468 g/mol. The molecule has 2 saturated carbocycles. The number of amides is 1. The van der Waals surface area contributed by atoms with Crippen molar-refractivity contribution in [2.45, 2.75) is 77.0 Å².